The van der Waals surface area contributed by atoms with Crippen LogP contribution >= 0.6 is 0 Å². The minimum absolute atomic E-state index is 0.486. The van der Waals surface area contributed by atoms with Gasteiger partial charge in [0, 0.05) is 6.20 Å². The Morgan fingerprint density at radius 1 is 1.29 bits per heavy atom. The summed E-state index contributed by atoms with van der Waals surface area (Å²) in [4.78, 5) is 0. The molecule has 0 aliphatic carbocycles. The van der Waals surface area contributed by atoms with E-state index in [0.717, 1.165) is 5.56 Å². The number of rotatable bonds is 2. The number of hydrazone groups is 1. The SMILES string of the molecule is C1=CN(N=Cc2ccccc2)CN=N1. The number of benzene rings is 1. The zero-order valence-electron chi connectivity index (χ0n) is 7.61. The predicted octanol–water partition coefficient (Wildman–Crippen LogP) is 2.22. The van der Waals surface area contributed by atoms with Gasteiger partial charge in [0.05, 0.1) is 12.4 Å². The molecule has 0 unspecified atom stereocenters. The van der Waals surface area contributed by atoms with Crippen molar-refractivity contribution in [1.82, 2.24) is 5.01 Å². The Hall–Kier alpha value is -1.97. The highest BCUT2D eigenvalue weighted by atomic mass is 15.5. The van der Waals surface area contributed by atoms with Crippen LogP contribution in [-0.2, 0) is 0 Å². The average molecular weight is 186 g/mol. The number of nitrogens with zero attached hydrogens (tertiary/aromatic N) is 4. The van der Waals surface area contributed by atoms with E-state index in [1.807, 2.05) is 30.3 Å². The van der Waals surface area contributed by atoms with Crippen LogP contribution in [0.5, 0.6) is 0 Å². The Morgan fingerprint density at radius 3 is 2.86 bits per heavy atom. The predicted molar refractivity (Wildman–Crippen MR) is 54.7 cm³/mol. The second-order valence-electron chi connectivity index (χ2n) is 2.79. The maximum absolute atomic E-state index is 4.22. The molecule has 0 saturated heterocycles. The standard InChI is InChI=1S/C10H10N4/c1-2-4-10(5-3-1)8-13-14-7-6-11-12-9-14/h1-8H,9H2. The molecule has 0 bridgehead atoms. The lowest BCUT2D eigenvalue weighted by Gasteiger charge is -2.11. The van der Waals surface area contributed by atoms with E-state index in [4.69, 9.17) is 0 Å². The highest BCUT2D eigenvalue weighted by molar-refractivity contribution is 5.79. The second-order valence-corrected chi connectivity index (χ2v) is 2.79. The Balaban J connectivity index is 2.01. The van der Waals surface area contributed by atoms with Gasteiger partial charge < -0.3 is 0 Å². The van der Waals surface area contributed by atoms with Crippen LogP contribution in [0.3, 0.4) is 0 Å². The molecule has 0 radical (unpaired) electrons. The van der Waals surface area contributed by atoms with E-state index >= 15 is 0 Å². The van der Waals surface area contributed by atoms with E-state index in [0.29, 0.717) is 6.67 Å². The van der Waals surface area contributed by atoms with Crippen LogP contribution in [0.4, 0.5) is 0 Å². The third-order valence-corrected chi connectivity index (χ3v) is 1.75. The molecule has 0 spiro atoms. The van der Waals surface area contributed by atoms with Crippen LogP contribution in [0.2, 0.25) is 0 Å². The minimum atomic E-state index is 0.486. The van der Waals surface area contributed by atoms with Gasteiger partial charge in [0.25, 0.3) is 0 Å². The Morgan fingerprint density at radius 2 is 2.14 bits per heavy atom. The van der Waals surface area contributed by atoms with E-state index in [2.05, 4.69) is 15.3 Å². The van der Waals surface area contributed by atoms with Crippen molar-refractivity contribution in [2.24, 2.45) is 15.3 Å². The molecular formula is C10H10N4. The van der Waals surface area contributed by atoms with Gasteiger partial charge in [-0.05, 0) is 5.56 Å². The summed E-state index contributed by atoms with van der Waals surface area (Å²) in [5.41, 5.74) is 1.07. The molecule has 70 valence electrons. The van der Waals surface area contributed by atoms with Crippen LogP contribution in [0.25, 0.3) is 0 Å². The lowest BCUT2D eigenvalue weighted by molar-refractivity contribution is 0.395. The maximum Gasteiger partial charge on any atom is 0.152 e. The van der Waals surface area contributed by atoms with Crippen molar-refractivity contribution in [2.75, 3.05) is 6.67 Å². The first-order valence-corrected chi connectivity index (χ1v) is 4.34. The molecule has 0 saturated carbocycles. The van der Waals surface area contributed by atoms with Gasteiger partial charge >= 0.3 is 0 Å². The van der Waals surface area contributed by atoms with Crippen LogP contribution in [0.15, 0.2) is 58.1 Å². The normalized spacial score (nSPS) is 15.3. The van der Waals surface area contributed by atoms with Crippen molar-refractivity contribution in [2.45, 2.75) is 0 Å². The highest BCUT2D eigenvalue weighted by Gasteiger charge is 1.95. The molecule has 4 nitrogen and oxygen atoms in total. The minimum Gasteiger partial charge on any atom is -0.248 e. The molecule has 1 aromatic carbocycles. The molecule has 14 heavy (non-hydrogen) atoms. The summed E-state index contributed by atoms with van der Waals surface area (Å²) in [5, 5.41) is 13.5. The van der Waals surface area contributed by atoms with Gasteiger partial charge in [-0.25, -0.2) is 5.01 Å². The van der Waals surface area contributed by atoms with Gasteiger partial charge in [-0.15, -0.1) is 0 Å². The zero-order chi connectivity index (χ0) is 9.64. The first kappa shape index (κ1) is 8.62. The maximum atomic E-state index is 4.22. The van der Waals surface area contributed by atoms with Gasteiger partial charge in [-0.2, -0.15) is 15.3 Å². The van der Waals surface area contributed by atoms with Crippen LogP contribution in [0.1, 0.15) is 5.56 Å². The van der Waals surface area contributed by atoms with E-state index in [1.54, 1.807) is 23.6 Å². The fourth-order valence-electron chi connectivity index (χ4n) is 1.06. The Kier molecular flexibility index (Phi) is 2.66. The van der Waals surface area contributed by atoms with Crippen molar-refractivity contribution in [3.05, 3.63) is 48.3 Å². The Labute approximate surface area is 82.3 Å². The van der Waals surface area contributed by atoms with Gasteiger partial charge in [-0.3, -0.25) is 0 Å². The molecule has 4 heteroatoms. The van der Waals surface area contributed by atoms with Crippen LogP contribution in [0, 0.1) is 0 Å². The summed E-state index contributed by atoms with van der Waals surface area (Å²) in [7, 11) is 0. The van der Waals surface area contributed by atoms with E-state index < -0.39 is 0 Å². The summed E-state index contributed by atoms with van der Waals surface area (Å²) >= 11 is 0. The lowest BCUT2D eigenvalue weighted by Crippen LogP contribution is -2.11. The highest BCUT2D eigenvalue weighted by Crippen LogP contribution is 2.00. The number of azo groups is 1. The molecule has 2 rings (SSSR count). The summed E-state index contributed by atoms with van der Waals surface area (Å²) in [6.07, 6.45) is 5.20. The molecule has 1 heterocycles. The molecule has 1 aromatic rings. The topological polar surface area (TPSA) is 40.3 Å². The first-order chi connectivity index (χ1) is 6.95. The third kappa shape index (κ3) is 2.26. The van der Waals surface area contributed by atoms with Crippen molar-refractivity contribution >= 4 is 6.21 Å². The summed E-state index contributed by atoms with van der Waals surface area (Å²) < 4.78 is 0. The monoisotopic (exact) mass is 186 g/mol. The molecular weight excluding hydrogens is 176 g/mol. The molecule has 0 fully saturated rings. The lowest BCUT2D eigenvalue weighted by atomic mass is 10.2. The summed E-state index contributed by atoms with van der Waals surface area (Å²) in [5.74, 6) is 0. The fraction of sp³-hybridized carbons (Fsp3) is 0.100. The van der Waals surface area contributed by atoms with E-state index in [1.165, 1.54) is 0 Å². The van der Waals surface area contributed by atoms with Crippen molar-refractivity contribution < 1.29 is 0 Å². The first-order valence-electron chi connectivity index (χ1n) is 4.34. The van der Waals surface area contributed by atoms with E-state index in [-0.39, 0.29) is 0 Å². The molecule has 0 amide bonds. The molecule has 1 aliphatic heterocycles. The molecule has 0 aromatic heterocycles. The fourth-order valence-corrected chi connectivity index (χ4v) is 1.06. The van der Waals surface area contributed by atoms with Crippen LogP contribution < -0.4 is 0 Å². The molecule has 0 N–H and O–H groups in total. The number of hydrogen-bond donors (Lipinski definition) is 0. The quantitative estimate of drug-likeness (QED) is 0.653. The summed E-state index contributed by atoms with van der Waals surface area (Å²) in [6.45, 7) is 0.486. The summed E-state index contributed by atoms with van der Waals surface area (Å²) in [6, 6.07) is 9.93. The second kappa shape index (κ2) is 4.32. The van der Waals surface area contributed by atoms with E-state index in [9.17, 15) is 0 Å². The van der Waals surface area contributed by atoms with Crippen molar-refractivity contribution in [1.29, 1.82) is 0 Å². The van der Waals surface area contributed by atoms with Crippen molar-refractivity contribution in [3.63, 3.8) is 0 Å². The van der Waals surface area contributed by atoms with Crippen molar-refractivity contribution in [3.8, 4) is 0 Å². The average Bonchev–Trinajstić information content (AvgIpc) is 2.29. The Bertz CT molecular complexity index is 367. The van der Waals surface area contributed by atoms with Gasteiger partial charge in [0.15, 0.2) is 6.67 Å². The third-order valence-electron chi connectivity index (χ3n) is 1.75. The zero-order valence-corrected chi connectivity index (χ0v) is 7.61. The molecule has 0 atom stereocenters. The largest absolute Gasteiger partial charge is 0.248 e. The van der Waals surface area contributed by atoms with Crippen LogP contribution in [-0.4, -0.2) is 17.9 Å². The molecule has 1 aliphatic rings. The van der Waals surface area contributed by atoms with Gasteiger partial charge in [0.2, 0.25) is 0 Å². The smallest absolute Gasteiger partial charge is 0.152 e. The van der Waals surface area contributed by atoms with Gasteiger partial charge in [0.1, 0.15) is 0 Å². The number of hydrogen-bond acceptors (Lipinski definition) is 4. The van der Waals surface area contributed by atoms with Gasteiger partial charge in [-0.1, -0.05) is 30.3 Å².